The normalized spacial score (nSPS) is 18.5. The van der Waals surface area contributed by atoms with Gasteiger partial charge < -0.3 is 66.3 Å². The average molecular weight is 1460 g/mol. The Morgan fingerprint density at radius 3 is 1.35 bits per heavy atom. The van der Waals surface area contributed by atoms with E-state index in [2.05, 4.69) is 49.3 Å². The van der Waals surface area contributed by atoms with E-state index in [0.29, 0.717) is 53.2 Å². The van der Waals surface area contributed by atoms with E-state index in [4.69, 9.17) is 76.0 Å². The number of rotatable bonds is 37. The molecule has 2 unspecified atom stereocenters. The fraction of sp³-hybridized carbons (Fsp3) is 0.514. The van der Waals surface area contributed by atoms with Crippen molar-refractivity contribution >= 4 is 62.3 Å². The summed E-state index contributed by atoms with van der Waals surface area (Å²) in [6.07, 6.45) is 11.5. The molecule has 0 bridgehead atoms. The molecule has 6 rings (SSSR count). The summed E-state index contributed by atoms with van der Waals surface area (Å²) in [5.41, 5.74) is 11.0. The Labute approximate surface area is 598 Å². The van der Waals surface area contributed by atoms with E-state index in [9.17, 15) is 27.6 Å². The monoisotopic (exact) mass is 1460 g/mol. The highest BCUT2D eigenvalue weighted by Gasteiger charge is 2.47. The predicted octanol–water partition coefficient (Wildman–Crippen LogP) is 15.0. The third-order valence-electron chi connectivity index (χ3n) is 15.1. The van der Waals surface area contributed by atoms with Crippen molar-refractivity contribution in [3.05, 3.63) is 165 Å². The summed E-state index contributed by atoms with van der Waals surface area (Å²) in [4.78, 5) is 56.2. The number of carbonyl (C=O) groups excluding carboxylic acids is 4. The summed E-state index contributed by atoms with van der Waals surface area (Å²) >= 11 is 0. The minimum absolute atomic E-state index is 0. The molecule has 2 saturated heterocycles. The minimum Gasteiger partial charge on any atom is -0.497 e. The molecule has 2 fully saturated rings. The maximum absolute atomic E-state index is 13.5. The van der Waals surface area contributed by atoms with Crippen molar-refractivity contribution in [2.75, 3.05) is 74.6 Å². The SMILES string of the molecule is C.COCOc1cc(OC)cc(/C=C/C[C@@H]2OC(C)(C)O[C@@H]2C(/C=C\[C@H](C)CN=[N+]=[N-])OC(=O)c2ccccc2)c1C(=O)OCC[Si](C)(C)C.COCOc1cc(OC)cc(/C=C/C[C@@H]2OC(C)(C)O[C@@H]2C(/C=C\[C@H](C)COS(C)(=O)=O)OC(=O)c2ccccc2)c1C(=O)OCC[Si](C)(C)C. The van der Waals surface area contributed by atoms with Gasteiger partial charge in [-0.3, -0.25) is 4.18 Å². The van der Waals surface area contributed by atoms with Crippen LogP contribution in [0.5, 0.6) is 23.0 Å². The molecular weight excluding hydrogens is 1360 g/mol. The first-order chi connectivity index (χ1) is 47.2. The number of nitrogens with zero attached hydrogens (tertiary/aromatic N) is 3. The number of hydrogen-bond acceptors (Lipinski definition) is 22. The van der Waals surface area contributed by atoms with Crippen molar-refractivity contribution in [1.29, 1.82) is 0 Å². The van der Waals surface area contributed by atoms with Crippen molar-refractivity contribution in [1.82, 2.24) is 0 Å². The first kappa shape index (κ1) is 85.7. The van der Waals surface area contributed by atoms with E-state index in [1.807, 2.05) is 31.2 Å². The van der Waals surface area contributed by atoms with Gasteiger partial charge in [-0.15, -0.1) is 0 Å². The molecule has 0 saturated carbocycles. The second-order valence-corrected chi connectivity index (χ2v) is 40.2. The lowest BCUT2D eigenvalue weighted by Crippen LogP contribution is -2.37. The fourth-order valence-corrected chi connectivity index (χ4v) is 11.9. The molecule has 27 heteroatoms. The largest absolute Gasteiger partial charge is 0.497 e. The molecular formula is C74H105N3O21SSi2. The summed E-state index contributed by atoms with van der Waals surface area (Å²) in [5, 5.41) is 3.64. The molecule has 0 aliphatic carbocycles. The molecule has 0 aromatic heterocycles. The van der Waals surface area contributed by atoms with E-state index in [1.165, 1.54) is 28.4 Å². The van der Waals surface area contributed by atoms with Gasteiger partial charge in [-0.2, -0.15) is 8.42 Å². The number of carbonyl (C=O) groups is 4. The van der Waals surface area contributed by atoms with Crippen molar-refractivity contribution in [3.63, 3.8) is 0 Å². The Morgan fingerprint density at radius 2 is 0.990 bits per heavy atom. The van der Waals surface area contributed by atoms with Crippen molar-refractivity contribution in [3.8, 4) is 23.0 Å². The number of esters is 4. The van der Waals surface area contributed by atoms with E-state index < -0.39 is 98.3 Å². The summed E-state index contributed by atoms with van der Waals surface area (Å²) in [6, 6.07) is 25.6. The van der Waals surface area contributed by atoms with Crippen LogP contribution >= 0.6 is 0 Å². The molecule has 0 radical (unpaired) electrons. The van der Waals surface area contributed by atoms with Crippen molar-refractivity contribution in [2.45, 2.75) is 161 Å². The maximum atomic E-state index is 13.5. The molecule has 24 nitrogen and oxygen atoms in total. The second kappa shape index (κ2) is 40.8. The molecule has 4 aromatic rings. The minimum atomic E-state index is -3.64. The van der Waals surface area contributed by atoms with Crippen LogP contribution < -0.4 is 18.9 Å². The number of ether oxygens (including phenoxy) is 14. The van der Waals surface area contributed by atoms with Crippen LogP contribution in [-0.2, 0) is 61.7 Å². The molecule has 2 heterocycles. The Morgan fingerprint density at radius 1 is 0.594 bits per heavy atom. The summed E-state index contributed by atoms with van der Waals surface area (Å²) in [6.45, 7) is 24.6. The van der Waals surface area contributed by atoms with E-state index in [1.54, 1.807) is 144 Å². The zero-order valence-electron chi connectivity index (χ0n) is 60.7. The van der Waals surface area contributed by atoms with Gasteiger partial charge in [0.15, 0.2) is 25.2 Å². The summed E-state index contributed by atoms with van der Waals surface area (Å²) in [7, 11) is -0.515. The number of azide groups is 1. The van der Waals surface area contributed by atoms with Gasteiger partial charge in [-0.1, -0.05) is 139 Å². The van der Waals surface area contributed by atoms with Crippen LogP contribution in [0.2, 0.25) is 51.4 Å². The molecule has 0 spiro atoms. The molecule has 101 heavy (non-hydrogen) atoms. The fourth-order valence-electron chi connectivity index (χ4n) is 10.1. The summed E-state index contributed by atoms with van der Waals surface area (Å²) < 4.78 is 109. The topological polar surface area (TPSA) is 290 Å². The Kier molecular flexibility index (Phi) is 34.7. The van der Waals surface area contributed by atoms with Gasteiger partial charge in [-0.05, 0) is 130 Å². The van der Waals surface area contributed by atoms with Crippen molar-refractivity contribution in [2.24, 2.45) is 17.0 Å². The second-order valence-electron chi connectivity index (χ2n) is 27.3. The molecule has 2 aliphatic rings. The predicted molar refractivity (Wildman–Crippen MR) is 392 cm³/mol. The van der Waals surface area contributed by atoms with Gasteiger partial charge in [0, 0.05) is 54.0 Å². The lowest BCUT2D eigenvalue weighted by molar-refractivity contribution is -0.153. The molecule has 8 atom stereocenters. The van der Waals surface area contributed by atoms with E-state index >= 15 is 0 Å². The van der Waals surface area contributed by atoms with Gasteiger partial charge in [0.1, 0.15) is 58.5 Å². The quantitative estimate of drug-likeness (QED) is 0.00466. The van der Waals surface area contributed by atoms with Crippen LogP contribution in [0.1, 0.15) is 114 Å². The Bertz CT molecular complexity index is 3590. The lowest BCUT2D eigenvalue weighted by Gasteiger charge is -2.24. The van der Waals surface area contributed by atoms with Gasteiger partial charge in [0.25, 0.3) is 10.1 Å². The maximum Gasteiger partial charge on any atom is 0.342 e. The number of benzene rings is 4. The summed E-state index contributed by atoms with van der Waals surface area (Å²) in [5.74, 6) is -3.12. The van der Waals surface area contributed by atoms with Crippen LogP contribution in [0.3, 0.4) is 0 Å². The third-order valence-corrected chi connectivity index (χ3v) is 19.1. The standard InChI is InChI=1S/C37H52O12SSi.C36H49N3O9Si.CH4/c1-26(24-46-50(6,40)41)18-19-30(47-35(38)27-14-11-10-12-15-27)34-31(48-37(2,3)49-34)17-13-16-28-22-29(43-5)23-32(45-25-42-4)33(28)36(39)44-20-21-51(7,8)9;1-25(23-38-39-37)17-18-29(46-34(40)26-13-10-9-11-14-26)33-30(47-36(2,3)48-33)16-12-15-27-21-28(43-5)22-31(45-24-42-4)32(27)35(41)44-19-20-49(6,7)8;/h10-16,18-19,22-23,26,30-31,34H,17,20-21,24-25H2,1-9H3;9-15,17-18,21-22,25,29-30,33H,16,19-20,23-24H2,1-8H3;1H4/b16-13+,19-18-;15-12+,18-17-;/t26-,30?,31-,34+;25-,29?,30-,33+;/m00./s1. The Hall–Kier alpha value is -7.67. The first-order valence-electron chi connectivity index (χ1n) is 33.0. The molecule has 0 N–H and O–H groups in total. The zero-order valence-corrected chi connectivity index (χ0v) is 63.5. The van der Waals surface area contributed by atoms with Gasteiger partial charge >= 0.3 is 23.9 Å². The van der Waals surface area contributed by atoms with Crippen LogP contribution in [0.15, 0.2) is 126 Å². The highest BCUT2D eigenvalue weighted by molar-refractivity contribution is 7.86. The van der Waals surface area contributed by atoms with Crippen LogP contribution in [0, 0.1) is 11.8 Å². The van der Waals surface area contributed by atoms with Gasteiger partial charge in [0.2, 0.25) is 0 Å². The lowest BCUT2D eigenvalue weighted by atomic mass is 10.0. The highest BCUT2D eigenvalue weighted by Crippen LogP contribution is 2.38. The highest BCUT2D eigenvalue weighted by atomic mass is 32.2. The Balaban J connectivity index is 0.000000424. The van der Waals surface area contributed by atoms with Gasteiger partial charge in [0.05, 0.1) is 63.6 Å². The molecule has 2 aliphatic heterocycles. The first-order valence-corrected chi connectivity index (χ1v) is 42.2. The van der Waals surface area contributed by atoms with E-state index in [0.717, 1.165) is 18.3 Å². The van der Waals surface area contributed by atoms with Crippen molar-refractivity contribution < 1.29 is 98.1 Å². The van der Waals surface area contributed by atoms with E-state index in [-0.39, 0.29) is 75.2 Å². The molecule has 556 valence electrons. The van der Waals surface area contributed by atoms with Crippen LogP contribution in [0.25, 0.3) is 22.6 Å². The van der Waals surface area contributed by atoms with Gasteiger partial charge in [-0.25, -0.2) is 19.2 Å². The average Bonchev–Trinajstić information content (AvgIpc) is 0.952. The molecule has 0 amide bonds. The van der Waals surface area contributed by atoms with Crippen LogP contribution in [0.4, 0.5) is 0 Å². The third kappa shape index (κ3) is 30.1. The smallest absolute Gasteiger partial charge is 0.342 e. The number of hydrogen-bond donors (Lipinski definition) is 0. The van der Waals surface area contributed by atoms with Crippen LogP contribution in [-0.4, -0.2) is 171 Å². The number of methoxy groups -OCH3 is 4. The molecule has 4 aromatic carbocycles. The zero-order chi connectivity index (χ0) is 73.8.